The average Bonchev–Trinajstić information content (AvgIpc) is 3.14. The van der Waals surface area contributed by atoms with Gasteiger partial charge in [-0.25, -0.2) is 4.79 Å². The van der Waals surface area contributed by atoms with Gasteiger partial charge in [0.15, 0.2) is 0 Å². The Balaban J connectivity index is 1.49. The molecule has 0 saturated carbocycles. The first-order valence-electron chi connectivity index (χ1n) is 9.89. The van der Waals surface area contributed by atoms with Gasteiger partial charge in [-0.3, -0.25) is 15.0 Å². The van der Waals surface area contributed by atoms with E-state index in [1.165, 1.54) is 0 Å². The Bertz CT molecular complexity index is 1150. The number of nitrogens with one attached hydrogen (secondary N) is 3. The first-order valence-corrected chi connectivity index (χ1v) is 9.89. The second-order valence-corrected chi connectivity index (χ2v) is 7.96. The van der Waals surface area contributed by atoms with Crippen molar-refractivity contribution in [1.82, 2.24) is 20.7 Å². The molecular formula is C23H24N4O3. The maximum absolute atomic E-state index is 12.9. The molecule has 0 radical (unpaired) electrons. The van der Waals surface area contributed by atoms with Crippen molar-refractivity contribution < 1.29 is 14.4 Å². The van der Waals surface area contributed by atoms with E-state index in [1.54, 1.807) is 19.1 Å². The number of imide groups is 1. The Morgan fingerprint density at radius 1 is 1.10 bits per heavy atom. The Morgan fingerprint density at radius 3 is 2.57 bits per heavy atom. The highest BCUT2D eigenvalue weighted by Gasteiger charge is 2.48. The van der Waals surface area contributed by atoms with Gasteiger partial charge >= 0.3 is 6.03 Å². The van der Waals surface area contributed by atoms with Crippen LogP contribution < -0.4 is 10.7 Å². The summed E-state index contributed by atoms with van der Waals surface area (Å²) in [5.41, 5.74) is 5.87. The molecule has 4 rings (SSSR count). The van der Waals surface area contributed by atoms with Crippen molar-refractivity contribution in [2.24, 2.45) is 0 Å². The monoisotopic (exact) mass is 404 g/mol. The van der Waals surface area contributed by atoms with Crippen LogP contribution in [0.25, 0.3) is 10.9 Å². The predicted molar refractivity (Wildman–Crippen MR) is 114 cm³/mol. The van der Waals surface area contributed by atoms with E-state index >= 15 is 0 Å². The van der Waals surface area contributed by atoms with Crippen molar-refractivity contribution >= 4 is 28.7 Å². The van der Waals surface area contributed by atoms with Gasteiger partial charge in [0.1, 0.15) is 5.54 Å². The van der Waals surface area contributed by atoms with Crippen molar-refractivity contribution in [3.8, 4) is 0 Å². The molecule has 7 heteroatoms. The third-order valence-corrected chi connectivity index (χ3v) is 5.80. The zero-order chi connectivity index (χ0) is 21.5. The van der Waals surface area contributed by atoms with E-state index in [4.69, 9.17) is 0 Å². The van der Waals surface area contributed by atoms with Gasteiger partial charge < -0.3 is 10.3 Å². The molecule has 154 valence electrons. The first-order chi connectivity index (χ1) is 14.3. The molecule has 2 aromatic carbocycles. The fraction of sp³-hybridized carbons (Fsp3) is 0.261. The second-order valence-electron chi connectivity index (χ2n) is 7.96. The molecular weight excluding hydrogens is 380 g/mol. The molecule has 0 bridgehead atoms. The van der Waals surface area contributed by atoms with E-state index in [2.05, 4.69) is 15.7 Å². The summed E-state index contributed by atoms with van der Waals surface area (Å²) in [5.74, 6) is -0.975. The molecule has 1 atom stereocenters. The molecule has 1 aliphatic heterocycles. The Labute approximate surface area is 174 Å². The van der Waals surface area contributed by atoms with Crippen LogP contribution in [-0.2, 0) is 11.2 Å². The van der Waals surface area contributed by atoms with Crippen LogP contribution in [0, 0.1) is 13.8 Å². The number of aromatic nitrogens is 1. The topological polar surface area (TPSA) is 94.3 Å². The number of carbonyl (C=O) groups is 3. The zero-order valence-electron chi connectivity index (χ0n) is 17.2. The minimum absolute atomic E-state index is 0.378. The lowest BCUT2D eigenvalue weighted by atomic mass is 9.93. The van der Waals surface area contributed by atoms with Gasteiger partial charge in [-0.1, -0.05) is 30.3 Å². The standard InChI is InChI=1S/C23H24N4O3/c1-14-15(2)24-19-10-9-17(13-18(14)19)20(28)26-27-21(29)23(3,25-22(27)30)12-11-16-7-5-4-6-8-16/h4-10,13,24H,11-12H2,1-3H3,(H,25,30)(H,26,28). The normalized spacial score (nSPS) is 18.7. The highest BCUT2D eigenvalue weighted by Crippen LogP contribution is 2.24. The third-order valence-electron chi connectivity index (χ3n) is 5.80. The van der Waals surface area contributed by atoms with Gasteiger partial charge in [-0.05, 0) is 62.9 Å². The highest BCUT2D eigenvalue weighted by molar-refractivity contribution is 6.09. The third kappa shape index (κ3) is 3.43. The van der Waals surface area contributed by atoms with Crippen molar-refractivity contribution in [1.29, 1.82) is 0 Å². The molecule has 4 amide bonds. The number of aryl methyl sites for hydroxylation is 3. The molecule has 0 spiro atoms. The van der Waals surface area contributed by atoms with Gasteiger partial charge in [0.05, 0.1) is 0 Å². The molecule has 2 heterocycles. The van der Waals surface area contributed by atoms with E-state index < -0.39 is 23.4 Å². The van der Waals surface area contributed by atoms with Crippen LogP contribution in [0.2, 0.25) is 0 Å². The summed E-state index contributed by atoms with van der Waals surface area (Å²) >= 11 is 0. The van der Waals surface area contributed by atoms with Gasteiger partial charge in [-0.2, -0.15) is 5.01 Å². The summed E-state index contributed by atoms with van der Waals surface area (Å²) in [6, 6.07) is 14.4. The van der Waals surface area contributed by atoms with E-state index in [0.29, 0.717) is 18.4 Å². The minimum Gasteiger partial charge on any atom is -0.358 e. The van der Waals surface area contributed by atoms with Crippen molar-refractivity contribution in [2.75, 3.05) is 0 Å². The molecule has 3 N–H and O–H groups in total. The van der Waals surface area contributed by atoms with Crippen LogP contribution in [0.15, 0.2) is 48.5 Å². The molecule has 3 aromatic rings. The Hall–Kier alpha value is -3.61. The molecule has 30 heavy (non-hydrogen) atoms. The summed E-state index contributed by atoms with van der Waals surface area (Å²) in [4.78, 5) is 41.3. The molecule has 1 fully saturated rings. The lowest BCUT2D eigenvalue weighted by molar-refractivity contribution is -0.132. The molecule has 7 nitrogen and oxygen atoms in total. The summed E-state index contributed by atoms with van der Waals surface area (Å²) in [6.45, 7) is 5.63. The number of carbonyl (C=O) groups excluding carboxylic acids is 3. The smallest absolute Gasteiger partial charge is 0.344 e. The van der Waals surface area contributed by atoms with E-state index in [-0.39, 0.29) is 0 Å². The fourth-order valence-corrected chi connectivity index (χ4v) is 3.76. The van der Waals surface area contributed by atoms with Gasteiger partial charge in [-0.15, -0.1) is 0 Å². The summed E-state index contributed by atoms with van der Waals surface area (Å²) < 4.78 is 0. The van der Waals surface area contributed by atoms with E-state index in [9.17, 15) is 14.4 Å². The molecule has 0 aliphatic carbocycles. The van der Waals surface area contributed by atoms with E-state index in [0.717, 1.165) is 32.7 Å². The van der Waals surface area contributed by atoms with Crippen LogP contribution >= 0.6 is 0 Å². The number of hydrazine groups is 1. The van der Waals surface area contributed by atoms with Gasteiger partial charge in [0.2, 0.25) is 0 Å². The van der Waals surface area contributed by atoms with Crippen molar-refractivity contribution in [3.05, 3.63) is 70.9 Å². The number of rotatable bonds is 5. The lowest BCUT2D eigenvalue weighted by Gasteiger charge is -2.21. The first kappa shape index (κ1) is 19.7. The zero-order valence-corrected chi connectivity index (χ0v) is 17.2. The van der Waals surface area contributed by atoms with Gasteiger partial charge in [0, 0.05) is 22.2 Å². The quantitative estimate of drug-likeness (QED) is 0.569. The number of hydrogen-bond acceptors (Lipinski definition) is 3. The Morgan fingerprint density at radius 2 is 1.83 bits per heavy atom. The number of fused-ring (bicyclic) bond motifs is 1. The minimum atomic E-state index is -1.07. The maximum Gasteiger partial charge on any atom is 0.344 e. The maximum atomic E-state index is 12.9. The molecule has 1 aliphatic rings. The van der Waals surface area contributed by atoms with Crippen LogP contribution in [0.1, 0.15) is 40.5 Å². The Kier molecular flexibility index (Phi) is 4.81. The summed E-state index contributed by atoms with van der Waals surface area (Å²) in [6.07, 6.45) is 1.07. The predicted octanol–water partition coefficient (Wildman–Crippen LogP) is 3.37. The number of H-pyrrole nitrogens is 1. The highest BCUT2D eigenvalue weighted by atomic mass is 16.2. The van der Waals surface area contributed by atoms with Crippen LogP contribution in [-0.4, -0.2) is 33.4 Å². The van der Waals surface area contributed by atoms with Crippen LogP contribution in [0.4, 0.5) is 4.79 Å². The van der Waals surface area contributed by atoms with Crippen LogP contribution in [0.3, 0.4) is 0 Å². The second kappa shape index (κ2) is 7.33. The number of nitrogens with zero attached hydrogens (tertiary/aromatic N) is 1. The number of amides is 4. The molecule has 1 aromatic heterocycles. The number of urea groups is 1. The largest absolute Gasteiger partial charge is 0.358 e. The van der Waals surface area contributed by atoms with Gasteiger partial charge in [0.25, 0.3) is 11.8 Å². The SMILES string of the molecule is Cc1[nH]c2ccc(C(=O)NN3C(=O)NC(C)(CCc4ccccc4)C3=O)cc2c1C. The average molecular weight is 404 g/mol. The molecule has 1 unspecified atom stereocenters. The fourth-order valence-electron chi connectivity index (χ4n) is 3.76. The summed E-state index contributed by atoms with van der Waals surface area (Å²) in [7, 11) is 0. The number of aromatic amines is 1. The summed E-state index contributed by atoms with van der Waals surface area (Å²) in [5, 5.41) is 4.44. The number of benzene rings is 2. The lowest BCUT2D eigenvalue weighted by Crippen LogP contribution is -2.48. The molecule has 1 saturated heterocycles. The van der Waals surface area contributed by atoms with Crippen LogP contribution in [0.5, 0.6) is 0 Å². The number of hydrogen-bond donors (Lipinski definition) is 3. The van der Waals surface area contributed by atoms with E-state index in [1.807, 2.05) is 50.2 Å². The van der Waals surface area contributed by atoms with Crippen molar-refractivity contribution in [2.45, 2.75) is 39.2 Å². The van der Waals surface area contributed by atoms with Crippen molar-refractivity contribution in [3.63, 3.8) is 0 Å².